The lowest BCUT2D eigenvalue weighted by molar-refractivity contribution is -0.149. The Hall–Kier alpha value is -1.39. The number of unbranched alkanes of at least 4 members (excludes halogenated alkanes) is 4. The summed E-state index contributed by atoms with van der Waals surface area (Å²) in [7, 11) is 0. The molecule has 0 unspecified atom stereocenters. The van der Waals surface area contributed by atoms with E-state index in [9.17, 15) is 14.4 Å². The number of carbonyl (C=O) groups is 3. The summed E-state index contributed by atoms with van der Waals surface area (Å²) >= 11 is 0. The van der Waals surface area contributed by atoms with Crippen LogP contribution in [0.3, 0.4) is 0 Å². The van der Waals surface area contributed by atoms with Gasteiger partial charge in [0.05, 0.1) is 11.8 Å². The number of hydrogen-bond acceptors (Lipinski definition) is 3. The van der Waals surface area contributed by atoms with Crippen molar-refractivity contribution in [2.24, 2.45) is 11.8 Å². The van der Waals surface area contributed by atoms with E-state index in [-0.39, 0.29) is 29.6 Å². The quantitative estimate of drug-likeness (QED) is 0.579. The van der Waals surface area contributed by atoms with Gasteiger partial charge >= 0.3 is 0 Å². The highest BCUT2D eigenvalue weighted by Crippen LogP contribution is 2.37. The van der Waals surface area contributed by atoms with Crippen molar-refractivity contribution in [1.29, 1.82) is 0 Å². The third-order valence-corrected chi connectivity index (χ3v) is 4.59. The highest BCUT2D eigenvalue weighted by molar-refractivity contribution is 6.06. The molecule has 1 N–H and O–H groups in total. The topological polar surface area (TPSA) is 66.5 Å². The van der Waals surface area contributed by atoms with Gasteiger partial charge in [0, 0.05) is 6.42 Å². The molecule has 2 atom stereocenters. The van der Waals surface area contributed by atoms with Gasteiger partial charge in [-0.05, 0) is 19.3 Å². The number of amides is 3. The minimum atomic E-state index is -0.216. The van der Waals surface area contributed by atoms with Crippen molar-refractivity contribution in [2.75, 3.05) is 0 Å². The first kappa shape index (κ1) is 16.0. The standard InChI is InChI=1S/C16H26N2O3/c1-2-3-4-5-6-11-14(19)17-18-15(20)12-9-7-8-10-13(12)16(18)21/h12-13H,2-11H2,1H3,(H,17,19)/t12-,13-/m0/s1. The minimum absolute atomic E-state index is 0.198. The SMILES string of the molecule is CCCCCCCC(=O)NN1C(=O)[C@H]2CCCC[C@@H]2C1=O. The Labute approximate surface area is 126 Å². The second kappa shape index (κ2) is 7.57. The van der Waals surface area contributed by atoms with Gasteiger partial charge in [-0.3, -0.25) is 19.8 Å². The fraction of sp³-hybridized carbons (Fsp3) is 0.812. The van der Waals surface area contributed by atoms with Crippen LogP contribution in [0.1, 0.15) is 71.1 Å². The number of hydrazine groups is 1. The summed E-state index contributed by atoms with van der Waals surface area (Å²) in [6, 6.07) is 0. The summed E-state index contributed by atoms with van der Waals surface area (Å²) in [5, 5.41) is 0.995. The summed E-state index contributed by atoms with van der Waals surface area (Å²) in [4.78, 5) is 36.3. The molecule has 1 heterocycles. The van der Waals surface area contributed by atoms with Gasteiger partial charge in [-0.25, -0.2) is 0 Å². The molecule has 1 saturated carbocycles. The Kier molecular flexibility index (Phi) is 5.76. The molecule has 0 aromatic carbocycles. The van der Waals surface area contributed by atoms with Crippen molar-refractivity contribution >= 4 is 17.7 Å². The molecule has 1 aliphatic carbocycles. The van der Waals surface area contributed by atoms with Crippen molar-refractivity contribution < 1.29 is 14.4 Å². The van der Waals surface area contributed by atoms with E-state index in [1.165, 1.54) is 12.8 Å². The van der Waals surface area contributed by atoms with Crippen LogP contribution in [0, 0.1) is 11.8 Å². The highest BCUT2D eigenvalue weighted by atomic mass is 16.2. The molecule has 0 spiro atoms. The van der Waals surface area contributed by atoms with Gasteiger partial charge in [-0.15, -0.1) is 0 Å². The summed E-state index contributed by atoms with van der Waals surface area (Å²) in [5.74, 6) is -1.02. The molecule has 2 aliphatic rings. The van der Waals surface area contributed by atoms with Crippen LogP contribution in [0.4, 0.5) is 0 Å². The van der Waals surface area contributed by atoms with Gasteiger partial charge in [0.25, 0.3) is 11.8 Å². The summed E-state index contributed by atoms with van der Waals surface area (Å²) in [5.41, 5.74) is 2.52. The van der Waals surface area contributed by atoms with E-state index in [0.717, 1.165) is 50.0 Å². The molecule has 2 rings (SSSR count). The summed E-state index contributed by atoms with van der Waals surface area (Å²) in [6.07, 6.45) is 9.27. The maximum atomic E-state index is 12.2. The number of rotatable bonds is 7. The van der Waals surface area contributed by atoms with Crippen molar-refractivity contribution in [3.8, 4) is 0 Å². The van der Waals surface area contributed by atoms with Crippen LogP contribution >= 0.6 is 0 Å². The van der Waals surface area contributed by atoms with E-state index in [1.54, 1.807) is 0 Å². The molecule has 1 aliphatic heterocycles. The molecule has 0 bridgehead atoms. The van der Waals surface area contributed by atoms with Crippen LogP contribution in [-0.2, 0) is 14.4 Å². The van der Waals surface area contributed by atoms with Crippen molar-refractivity contribution in [3.05, 3.63) is 0 Å². The molecule has 0 aromatic rings. The molecular weight excluding hydrogens is 268 g/mol. The lowest BCUT2D eigenvalue weighted by Crippen LogP contribution is -2.46. The maximum absolute atomic E-state index is 12.2. The largest absolute Gasteiger partial charge is 0.273 e. The fourth-order valence-corrected chi connectivity index (χ4v) is 3.34. The molecule has 118 valence electrons. The average Bonchev–Trinajstić information content (AvgIpc) is 2.73. The van der Waals surface area contributed by atoms with E-state index in [0.29, 0.717) is 6.42 Å². The molecule has 5 nitrogen and oxygen atoms in total. The predicted molar refractivity (Wildman–Crippen MR) is 78.8 cm³/mol. The van der Waals surface area contributed by atoms with Gasteiger partial charge in [0.15, 0.2) is 0 Å². The first-order valence-electron chi connectivity index (χ1n) is 8.32. The lowest BCUT2D eigenvalue weighted by atomic mass is 9.81. The summed E-state index contributed by atoms with van der Waals surface area (Å²) in [6.45, 7) is 2.15. The Morgan fingerprint density at radius 2 is 1.62 bits per heavy atom. The molecule has 5 heteroatoms. The van der Waals surface area contributed by atoms with Crippen LogP contribution in [0.5, 0.6) is 0 Å². The zero-order valence-corrected chi connectivity index (χ0v) is 12.9. The van der Waals surface area contributed by atoms with Crippen LogP contribution in [-0.4, -0.2) is 22.7 Å². The Balaban J connectivity index is 1.78. The van der Waals surface area contributed by atoms with E-state index in [1.807, 2.05) is 0 Å². The smallest absolute Gasteiger partial charge is 0.252 e. The van der Waals surface area contributed by atoms with Crippen molar-refractivity contribution in [2.45, 2.75) is 71.1 Å². The minimum Gasteiger partial charge on any atom is -0.273 e. The second-order valence-corrected chi connectivity index (χ2v) is 6.21. The molecule has 0 radical (unpaired) electrons. The van der Waals surface area contributed by atoms with E-state index in [4.69, 9.17) is 0 Å². The molecule has 2 fully saturated rings. The van der Waals surface area contributed by atoms with Crippen LogP contribution in [0.15, 0.2) is 0 Å². The highest BCUT2D eigenvalue weighted by Gasteiger charge is 2.48. The number of fused-ring (bicyclic) bond motifs is 1. The molecule has 21 heavy (non-hydrogen) atoms. The molecular formula is C16H26N2O3. The van der Waals surface area contributed by atoms with Crippen LogP contribution < -0.4 is 5.43 Å². The second-order valence-electron chi connectivity index (χ2n) is 6.21. The Morgan fingerprint density at radius 3 is 2.19 bits per heavy atom. The zero-order chi connectivity index (χ0) is 15.2. The maximum Gasteiger partial charge on any atom is 0.252 e. The first-order chi connectivity index (χ1) is 10.1. The van der Waals surface area contributed by atoms with Gasteiger partial charge in [-0.1, -0.05) is 45.4 Å². The number of imide groups is 1. The third-order valence-electron chi connectivity index (χ3n) is 4.59. The predicted octanol–water partition coefficient (Wildman–Crippen LogP) is 2.55. The van der Waals surface area contributed by atoms with Crippen LogP contribution in [0.2, 0.25) is 0 Å². The number of nitrogens with one attached hydrogen (secondary N) is 1. The average molecular weight is 294 g/mol. The summed E-state index contributed by atoms with van der Waals surface area (Å²) < 4.78 is 0. The van der Waals surface area contributed by atoms with Gasteiger partial charge in [-0.2, -0.15) is 5.01 Å². The zero-order valence-electron chi connectivity index (χ0n) is 12.9. The normalized spacial score (nSPS) is 25.1. The van der Waals surface area contributed by atoms with E-state index >= 15 is 0 Å². The number of carbonyl (C=O) groups excluding carboxylic acids is 3. The van der Waals surface area contributed by atoms with E-state index in [2.05, 4.69) is 12.3 Å². The van der Waals surface area contributed by atoms with Crippen molar-refractivity contribution in [3.63, 3.8) is 0 Å². The van der Waals surface area contributed by atoms with Gasteiger partial charge in [0.1, 0.15) is 0 Å². The molecule has 3 amide bonds. The Morgan fingerprint density at radius 1 is 1.05 bits per heavy atom. The van der Waals surface area contributed by atoms with Crippen LogP contribution in [0.25, 0.3) is 0 Å². The number of nitrogens with zero attached hydrogens (tertiary/aromatic N) is 1. The van der Waals surface area contributed by atoms with Gasteiger partial charge < -0.3 is 0 Å². The monoisotopic (exact) mass is 294 g/mol. The van der Waals surface area contributed by atoms with Crippen molar-refractivity contribution in [1.82, 2.24) is 10.4 Å². The number of hydrogen-bond donors (Lipinski definition) is 1. The van der Waals surface area contributed by atoms with Gasteiger partial charge in [0.2, 0.25) is 5.91 Å². The fourth-order valence-electron chi connectivity index (χ4n) is 3.34. The molecule has 1 saturated heterocycles. The Bertz CT molecular complexity index is 384. The first-order valence-corrected chi connectivity index (χ1v) is 8.32. The third kappa shape index (κ3) is 3.83. The van der Waals surface area contributed by atoms with E-state index < -0.39 is 0 Å². The lowest BCUT2D eigenvalue weighted by Gasteiger charge is -2.19. The molecule has 0 aromatic heterocycles.